The molecule has 18 rings (SSSR count). The van der Waals surface area contributed by atoms with Crippen LogP contribution in [0.25, 0.3) is 108 Å². The van der Waals surface area contributed by atoms with Gasteiger partial charge in [0.1, 0.15) is 0 Å². The Labute approximate surface area is 479 Å². The van der Waals surface area contributed by atoms with Crippen LogP contribution in [0.4, 0.5) is 0 Å². The first-order valence-corrected chi connectivity index (χ1v) is 29.4. The first-order chi connectivity index (χ1) is 40.4. The SMILES string of the molecule is CN(CC1CO1)CC1CO1.CN(CC1CO1)CC1CO1.CN(CC1CO1)CC1CO1.c1ccc2c(c1)c1ccccc1c1c3ccccc3c3ccccc3c21.c1ccc2c(c1)c1ccccc1c1c3ccccc3c3ccccc3c21. The van der Waals surface area contributed by atoms with Crippen LogP contribution in [0, 0.1) is 0 Å². The van der Waals surface area contributed by atoms with Gasteiger partial charge in [-0.3, -0.25) is 0 Å². The first-order valence-electron chi connectivity index (χ1n) is 29.4. The van der Waals surface area contributed by atoms with E-state index >= 15 is 0 Å². The van der Waals surface area contributed by atoms with Gasteiger partial charge in [-0.2, -0.15) is 0 Å². The second-order valence-corrected chi connectivity index (χ2v) is 23.3. The summed E-state index contributed by atoms with van der Waals surface area (Å²) >= 11 is 0. The number of hydrogen-bond donors (Lipinski definition) is 0. The zero-order chi connectivity index (χ0) is 55.1. The third-order valence-electron chi connectivity index (χ3n) is 16.7. The van der Waals surface area contributed by atoms with Crippen molar-refractivity contribution in [3.05, 3.63) is 194 Å². The normalized spacial score (nSPS) is 20.9. The Morgan fingerprint density at radius 3 is 0.439 bits per heavy atom. The minimum atomic E-state index is 0.517. The predicted octanol–water partition coefficient (Wildman–Crippen LogP) is 14.1. The molecule has 6 atom stereocenters. The van der Waals surface area contributed by atoms with Gasteiger partial charge in [0.25, 0.3) is 0 Å². The molecular weight excluding hydrogens is 1010 g/mol. The van der Waals surface area contributed by atoms with E-state index in [1.165, 1.54) is 108 Å². The fourth-order valence-electron chi connectivity index (χ4n) is 12.5. The summed E-state index contributed by atoms with van der Waals surface area (Å²) in [6, 6.07) is 70.5. The van der Waals surface area contributed by atoms with E-state index in [-0.39, 0.29) is 0 Å². The highest BCUT2D eigenvalue weighted by atomic mass is 16.6. The molecule has 12 aromatic carbocycles. The number of rotatable bonds is 12. The predicted molar refractivity (Wildman–Crippen MR) is 339 cm³/mol. The van der Waals surface area contributed by atoms with Crippen molar-refractivity contribution in [2.45, 2.75) is 36.6 Å². The smallest absolute Gasteiger partial charge is 0.0936 e. The molecule has 0 bridgehead atoms. The number of fused-ring (bicyclic) bond motifs is 22. The number of ether oxygens (including phenoxy) is 6. The van der Waals surface area contributed by atoms with E-state index in [1.807, 2.05) is 0 Å². The van der Waals surface area contributed by atoms with E-state index in [2.05, 4.69) is 230 Å². The fraction of sp³-hybridized carbons (Fsp3) is 0.288. The maximum Gasteiger partial charge on any atom is 0.0936 e. The molecule has 0 radical (unpaired) electrons. The molecule has 12 aromatic rings. The molecule has 0 saturated carbocycles. The molecule has 6 aliphatic heterocycles. The molecule has 6 saturated heterocycles. The molecule has 0 amide bonds. The van der Waals surface area contributed by atoms with E-state index < -0.39 is 0 Å². The molecule has 6 heterocycles. The van der Waals surface area contributed by atoms with Gasteiger partial charge in [0.15, 0.2) is 0 Å². The van der Waals surface area contributed by atoms with Gasteiger partial charge in [-0.1, -0.05) is 194 Å². The van der Waals surface area contributed by atoms with Crippen molar-refractivity contribution in [2.75, 3.05) is 100 Å². The molecule has 0 aliphatic carbocycles. The Bertz CT molecular complexity index is 3490. The average Bonchev–Trinajstić information content (AvgIpc) is 4.33. The average molecular weight is 1090 g/mol. The summed E-state index contributed by atoms with van der Waals surface area (Å²) in [7, 11) is 6.34. The lowest BCUT2D eigenvalue weighted by Crippen LogP contribution is -2.27. The Hall–Kier alpha value is -7.12. The van der Waals surface area contributed by atoms with Crippen LogP contribution in [0.15, 0.2) is 194 Å². The number of hydrogen-bond acceptors (Lipinski definition) is 9. The zero-order valence-corrected chi connectivity index (χ0v) is 47.2. The second kappa shape index (κ2) is 23.3. The highest BCUT2D eigenvalue weighted by Crippen LogP contribution is 2.45. The van der Waals surface area contributed by atoms with Gasteiger partial charge in [-0.25, -0.2) is 0 Å². The lowest BCUT2D eigenvalue weighted by molar-refractivity contribution is 0.256. The maximum atomic E-state index is 5.10. The first kappa shape index (κ1) is 52.9. The minimum Gasteiger partial charge on any atom is -0.372 e. The van der Waals surface area contributed by atoms with Gasteiger partial charge in [-0.05, 0) is 129 Å². The van der Waals surface area contributed by atoms with Crippen molar-refractivity contribution < 1.29 is 28.4 Å². The van der Waals surface area contributed by atoms with Crippen LogP contribution in [0.2, 0.25) is 0 Å². The molecule has 0 spiro atoms. The van der Waals surface area contributed by atoms with Crippen LogP contribution in [0.5, 0.6) is 0 Å². The van der Waals surface area contributed by atoms with Gasteiger partial charge in [-0.15, -0.1) is 0 Å². The van der Waals surface area contributed by atoms with Crippen LogP contribution >= 0.6 is 0 Å². The monoisotopic (exact) mass is 1090 g/mol. The van der Waals surface area contributed by atoms with E-state index in [9.17, 15) is 0 Å². The van der Waals surface area contributed by atoms with Crippen molar-refractivity contribution in [1.82, 2.24) is 14.7 Å². The summed E-state index contributed by atoms with van der Waals surface area (Å²) in [4.78, 5) is 6.82. The summed E-state index contributed by atoms with van der Waals surface area (Å²) in [5, 5.41) is 26.8. The summed E-state index contributed by atoms with van der Waals surface area (Å²) in [6.07, 6.45) is 3.10. The van der Waals surface area contributed by atoms with Gasteiger partial charge < -0.3 is 43.1 Å². The Morgan fingerprint density at radius 1 is 0.220 bits per heavy atom. The Morgan fingerprint density at radius 2 is 0.329 bits per heavy atom. The van der Waals surface area contributed by atoms with Crippen LogP contribution in [-0.2, 0) is 28.4 Å². The molecule has 6 fully saturated rings. The van der Waals surface area contributed by atoms with E-state index in [0.29, 0.717) is 36.6 Å². The summed E-state index contributed by atoms with van der Waals surface area (Å²) in [5.41, 5.74) is 0. The van der Waals surface area contributed by atoms with Crippen molar-refractivity contribution in [3.8, 4) is 0 Å². The number of likely N-dealkylation sites (N-methyl/N-ethyl adjacent to an activating group) is 3. The van der Waals surface area contributed by atoms with Gasteiger partial charge >= 0.3 is 0 Å². The highest BCUT2D eigenvalue weighted by Gasteiger charge is 2.31. The summed E-state index contributed by atoms with van der Waals surface area (Å²) < 4.78 is 30.6. The lowest BCUT2D eigenvalue weighted by atomic mass is 9.87. The van der Waals surface area contributed by atoms with Crippen molar-refractivity contribution in [2.24, 2.45) is 0 Å². The molecule has 6 aliphatic rings. The molecule has 6 unspecified atom stereocenters. The molecule has 0 aromatic heterocycles. The van der Waals surface area contributed by atoms with Gasteiger partial charge in [0, 0.05) is 39.3 Å². The molecule has 9 heteroatoms. The van der Waals surface area contributed by atoms with Gasteiger partial charge in [0.05, 0.1) is 76.3 Å². The van der Waals surface area contributed by atoms with Crippen LogP contribution < -0.4 is 0 Å². The van der Waals surface area contributed by atoms with E-state index in [4.69, 9.17) is 28.4 Å². The number of nitrogens with zero attached hydrogens (tertiary/aromatic N) is 3. The van der Waals surface area contributed by atoms with Crippen LogP contribution in [0.3, 0.4) is 0 Å². The quantitative estimate of drug-likeness (QED) is 0.0877. The summed E-state index contributed by atoms with van der Waals surface area (Å²) in [5.74, 6) is 0. The molecule has 9 nitrogen and oxygen atoms in total. The van der Waals surface area contributed by atoms with E-state index in [1.54, 1.807) is 0 Å². The summed E-state index contributed by atoms with van der Waals surface area (Å²) in [6.45, 7) is 12.1. The Kier molecular flexibility index (Phi) is 15.0. The van der Waals surface area contributed by atoms with Crippen LogP contribution in [-0.4, -0.2) is 151 Å². The van der Waals surface area contributed by atoms with Crippen molar-refractivity contribution in [3.63, 3.8) is 0 Å². The number of benzene rings is 12. The minimum absolute atomic E-state index is 0.517. The second-order valence-electron chi connectivity index (χ2n) is 23.3. The standard InChI is InChI=1S/2C26H16.3C7H13NO2/c2*1-5-13-21-17(9-1)18-10-2-6-14-22(18)26-24-16-8-4-12-20(24)19-11-3-7-15-23(19)25(21)26;3*1-8(2-6-4-9-6)3-7-5-10-7/h2*1-16H;3*6-7H,2-5H2,1H3. The molecule has 0 N–H and O–H groups in total. The third kappa shape index (κ3) is 11.8. The third-order valence-corrected chi connectivity index (χ3v) is 16.7. The maximum absolute atomic E-state index is 5.10. The molecule has 414 valence electrons. The fourth-order valence-corrected chi connectivity index (χ4v) is 12.5. The molecule has 82 heavy (non-hydrogen) atoms. The Balaban J connectivity index is 0.0000000991. The van der Waals surface area contributed by atoms with Crippen molar-refractivity contribution in [1.29, 1.82) is 0 Å². The topological polar surface area (TPSA) is 84.9 Å². The van der Waals surface area contributed by atoms with Crippen LogP contribution in [0.1, 0.15) is 0 Å². The van der Waals surface area contributed by atoms with Crippen molar-refractivity contribution >= 4 is 108 Å². The lowest BCUT2D eigenvalue weighted by Gasteiger charge is -2.16. The zero-order valence-electron chi connectivity index (χ0n) is 47.2. The van der Waals surface area contributed by atoms with Gasteiger partial charge in [0.2, 0.25) is 0 Å². The van der Waals surface area contributed by atoms with E-state index in [0.717, 1.165) is 78.9 Å². The highest BCUT2D eigenvalue weighted by molar-refractivity contribution is 6.40. The number of epoxide rings is 6. The largest absolute Gasteiger partial charge is 0.372 e. The molecular formula is C73H71N3O6.